The number of hydrogen-bond donors (Lipinski definition) is 3. The molecule has 1 aromatic rings. The van der Waals surface area contributed by atoms with Crippen molar-refractivity contribution >= 4 is 17.6 Å². The molecule has 1 aliphatic rings. The minimum atomic E-state index is -1.39. The molecule has 0 amide bonds. The molecule has 0 saturated heterocycles. The van der Waals surface area contributed by atoms with Gasteiger partial charge >= 0.3 is 5.97 Å². The second-order valence-corrected chi connectivity index (χ2v) is 4.64. The van der Waals surface area contributed by atoms with E-state index in [0.717, 1.165) is 5.56 Å². The molecular weight excluding hydrogens is 288 g/mol. The van der Waals surface area contributed by atoms with Crippen LogP contribution in [0.15, 0.2) is 35.8 Å². The third-order valence-corrected chi connectivity index (χ3v) is 3.01. The summed E-state index contributed by atoms with van der Waals surface area (Å²) in [4.78, 5) is 11.5. The lowest BCUT2D eigenvalue weighted by molar-refractivity contribution is -0.148. The zero-order valence-electron chi connectivity index (χ0n) is 10.3. The van der Waals surface area contributed by atoms with Gasteiger partial charge in [0, 0.05) is 5.02 Å². The lowest BCUT2D eigenvalue weighted by Gasteiger charge is -2.13. The van der Waals surface area contributed by atoms with Crippen molar-refractivity contribution in [2.45, 2.75) is 18.8 Å². The number of aliphatic hydroxyl groups is 3. The fourth-order valence-electron chi connectivity index (χ4n) is 1.68. The average Bonchev–Trinajstić information content (AvgIpc) is 2.73. The van der Waals surface area contributed by atoms with Crippen molar-refractivity contribution in [1.29, 1.82) is 0 Å². The molecule has 2 unspecified atom stereocenters. The number of hydrogen-bond acceptors (Lipinski definition) is 6. The molecule has 0 fully saturated rings. The molecule has 2 atom stereocenters. The highest BCUT2D eigenvalue weighted by molar-refractivity contribution is 6.30. The zero-order valence-corrected chi connectivity index (χ0v) is 11.1. The second-order valence-electron chi connectivity index (χ2n) is 4.21. The first-order valence-corrected chi connectivity index (χ1v) is 6.21. The Morgan fingerprint density at radius 2 is 2.00 bits per heavy atom. The first kappa shape index (κ1) is 14.6. The fraction of sp³-hybridized carbons (Fsp3) is 0.308. The van der Waals surface area contributed by atoms with Crippen LogP contribution >= 0.6 is 11.6 Å². The highest BCUT2D eigenvalue weighted by Gasteiger charge is 2.40. The van der Waals surface area contributed by atoms with Crippen molar-refractivity contribution < 1.29 is 29.6 Å². The quantitative estimate of drug-likeness (QED) is 0.699. The molecule has 3 N–H and O–H groups in total. The summed E-state index contributed by atoms with van der Waals surface area (Å²) in [6.45, 7) is -0.611. The molecule has 0 radical (unpaired) electrons. The van der Waals surface area contributed by atoms with Crippen LogP contribution in [0.25, 0.3) is 0 Å². The Morgan fingerprint density at radius 3 is 2.60 bits per heavy atom. The van der Waals surface area contributed by atoms with E-state index >= 15 is 0 Å². The first-order valence-electron chi connectivity index (χ1n) is 5.83. The summed E-state index contributed by atoms with van der Waals surface area (Å²) < 4.78 is 9.92. The maximum atomic E-state index is 11.5. The van der Waals surface area contributed by atoms with Crippen molar-refractivity contribution in [1.82, 2.24) is 0 Å². The van der Waals surface area contributed by atoms with Crippen LogP contribution < -0.4 is 0 Å². The minimum Gasteiger partial charge on any atom is -0.505 e. The molecule has 0 saturated carbocycles. The summed E-state index contributed by atoms with van der Waals surface area (Å²) in [5.41, 5.74) is 0.744. The maximum absolute atomic E-state index is 11.5. The number of aliphatic hydroxyl groups excluding tert-OH is 3. The standard InChI is InChI=1S/C13H13ClO6/c14-8-3-1-7(2-4-8)6-19-12-10(17)11(9(16)5-15)20-13(12)18/h1-4,9,11,15-17H,5-6H2. The van der Waals surface area contributed by atoms with E-state index in [2.05, 4.69) is 0 Å². The molecule has 1 heterocycles. The molecule has 0 aromatic heterocycles. The van der Waals surface area contributed by atoms with Gasteiger partial charge in [-0.2, -0.15) is 0 Å². The van der Waals surface area contributed by atoms with Gasteiger partial charge in [0.05, 0.1) is 6.61 Å². The predicted octanol–water partition coefficient (Wildman–Crippen LogP) is 0.905. The Balaban J connectivity index is 2.06. The summed E-state index contributed by atoms with van der Waals surface area (Å²) in [6.07, 6.45) is -2.69. The summed E-state index contributed by atoms with van der Waals surface area (Å²) in [5.74, 6) is -1.77. The Bertz CT molecular complexity index is 524. The predicted molar refractivity (Wildman–Crippen MR) is 68.9 cm³/mol. The van der Waals surface area contributed by atoms with Crippen LogP contribution in [-0.4, -0.2) is 40.1 Å². The van der Waals surface area contributed by atoms with E-state index in [1.165, 1.54) is 0 Å². The highest BCUT2D eigenvalue weighted by atomic mass is 35.5. The lowest BCUT2D eigenvalue weighted by Crippen LogP contribution is -2.31. The average molecular weight is 301 g/mol. The van der Waals surface area contributed by atoms with E-state index in [0.29, 0.717) is 5.02 Å². The van der Waals surface area contributed by atoms with Gasteiger partial charge in [-0.05, 0) is 17.7 Å². The Morgan fingerprint density at radius 1 is 1.35 bits per heavy atom. The summed E-state index contributed by atoms with van der Waals surface area (Å²) >= 11 is 5.74. The number of carbonyl (C=O) groups is 1. The largest absolute Gasteiger partial charge is 0.505 e. The van der Waals surface area contributed by atoms with Gasteiger partial charge in [-0.1, -0.05) is 23.7 Å². The molecule has 7 heteroatoms. The number of ether oxygens (including phenoxy) is 2. The molecule has 1 aromatic carbocycles. The van der Waals surface area contributed by atoms with Gasteiger partial charge in [-0.3, -0.25) is 0 Å². The topological polar surface area (TPSA) is 96.2 Å². The van der Waals surface area contributed by atoms with Crippen molar-refractivity contribution in [3.8, 4) is 0 Å². The Kier molecular flexibility index (Phi) is 4.49. The highest BCUT2D eigenvalue weighted by Crippen LogP contribution is 2.25. The van der Waals surface area contributed by atoms with E-state index < -0.39 is 30.5 Å². The van der Waals surface area contributed by atoms with Gasteiger partial charge in [-0.25, -0.2) is 4.79 Å². The number of halogens is 1. The third-order valence-electron chi connectivity index (χ3n) is 2.75. The van der Waals surface area contributed by atoms with Crippen LogP contribution in [0.1, 0.15) is 5.56 Å². The van der Waals surface area contributed by atoms with Gasteiger partial charge in [0.1, 0.15) is 12.7 Å². The van der Waals surface area contributed by atoms with Gasteiger partial charge in [0.2, 0.25) is 5.76 Å². The monoisotopic (exact) mass is 300 g/mol. The molecule has 108 valence electrons. The SMILES string of the molecule is O=C1OC(C(O)CO)C(O)=C1OCc1ccc(Cl)cc1. The number of esters is 1. The van der Waals surface area contributed by atoms with Crippen molar-refractivity contribution in [3.05, 3.63) is 46.4 Å². The molecule has 20 heavy (non-hydrogen) atoms. The molecule has 0 bridgehead atoms. The van der Waals surface area contributed by atoms with Gasteiger partial charge < -0.3 is 24.8 Å². The van der Waals surface area contributed by atoms with E-state index in [1.807, 2.05) is 0 Å². The second kappa shape index (κ2) is 6.13. The normalized spacial score (nSPS) is 19.9. The third kappa shape index (κ3) is 3.04. The first-order chi connectivity index (χ1) is 9.52. The van der Waals surface area contributed by atoms with Gasteiger partial charge in [0.25, 0.3) is 0 Å². The fourth-order valence-corrected chi connectivity index (χ4v) is 1.81. The Labute approximate surface area is 119 Å². The van der Waals surface area contributed by atoms with Crippen LogP contribution in [0, 0.1) is 0 Å². The van der Waals surface area contributed by atoms with Crippen LogP contribution in [0.2, 0.25) is 5.02 Å². The van der Waals surface area contributed by atoms with Crippen molar-refractivity contribution in [2.24, 2.45) is 0 Å². The maximum Gasteiger partial charge on any atom is 0.378 e. The number of carbonyl (C=O) groups excluding carboxylic acids is 1. The van der Waals surface area contributed by atoms with Crippen molar-refractivity contribution in [3.63, 3.8) is 0 Å². The summed E-state index contributed by atoms with van der Waals surface area (Å²) in [5, 5.41) is 28.5. The van der Waals surface area contributed by atoms with Crippen LogP contribution in [0.5, 0.6) is 0 Å². The lowest BCUT2D eigenvalue weighted by atomic mass is 10.2. The Hall–Kier alpha value is -1.76. The molecule has 2 rings (SSSR count). The van der Waals surface area contributed by atoms with E-state index in [4.69, 9.17) is 26.2 Å². The van der Waals surface area contributed by atoms with Crippen LogP contribution in [-0.2, 0) is 20.9 Å². The summed E-state index contributed by atoms with van der Waals surface area (Å²) in [7, 11) is 0. The van der Waals surface area contributed by atoms with E-state index in [-0.39, 0.29) is 12.4 Å². The van der Waals surface area contributed by atoms with Gasteiger partial charge in [-0.15, -0.1) is 0 Å². The molecule has 6 nitrogen and oxygen atoms in total. The summed E-state index contributed by atoms with van der Waals surface area (Å²) in [6, 6.07) is 6.75. The van der Waals surface area contributed by atoms with Crippen molar-refractivity contribution in [2.75, 3.05) is 6.61 Å². The molecule has 1 aliphatic heterocycles. The van der Waals surface area contributed by atoms with Crippen LogP contribution in [0.4, 0.5) is 0 Å². The van der Waals surface area contributed by atoms with E-state index in [1.54, 1.807) is 24.3 Å². The molecule has 0 spiro atoms. The molecular formula is C13H13ClO6. The minimum absolute atomic E-state index is 0.0353. The number of cyclic esters (lactones) is 1. The molecule has 0 aliphatic carbocycles. The van der Waals surface area contributed by atoms with Crippen LogP contribution in [0.3, 0.4) is 0 Å². The zero-order chi connectivity index (χ0) is 14.7. The number of benzene rings is 1. The smallest absolute Gasteiger partial charge is 0.378 e. The van der Waals surface area contributed by atoms with E-state index in [9.17, 15) is 15.0 Å². The number of rotatable bonds is 5. The van der Waals surface area contributed by atoms with Gasteiger partial charge in [0.15, 0.2) is 11.9 Å².